The summed E-state index contributed by atoms with van der Waals surface area (Å²) in [7, 11) is 1.64. The summed E-state index contributed by atoms with van der Waals surface area (Å²) in [6.07, 6.45) is 3.46. The highest BCUT2D eigenvalue weighted by atomic mass is 16.5. The number of aliphatic hydroxyl groups is 1. The van der Waals surface area contributed by atoms with E-state index < -0.39 is 6.10 Å². The maximum absolute atomic E-state index is 10.4. The molecule has 0 bridgehead atoms. The first-order valence-corrected chi connectivity index (χ1v) is 6.34. The average molecular weight is 257 g/mol. The largest absolute Gasteiger partial charge is 0.496 e. The number of aryl methyl sites for hydroxylation is 1. The van der Waals surface area contributed by atoms with Gasteiger partial charge in [0.05, 0.1) is 13.2 Å². The number of nitrogens with zero attached hydrogens (tertiary/aromatic N) is 1. The topological polar surface area (TPSA) is 42.4 Å². The molecule has 0 aliphatic carbocycles. The fourth-order valence-electron chi connectivity index (χ4n) is 2.20. The molecule has 0 aliphatic rings. The number of hydrogen-bond donors (Lipinski definition) is 1. The molecule has 2 rings (SSSR count). The molecule has 3 heteroatoms. The van der Waals surface area contributed by atoms with E-state index in [9.17, 15) is 5.11 Å². The van der Waals surface area contributed by atoms with Gasteiger partial charge in [0.1, 0.15) is 5.75 Å². The summed E-state index contributed by atoms with van der Waals surface area (Å²) in [5.41, 5.74) is 4.13. The third kappa shape index (κ3) is 2.93. The molecule has 1 atom stereocenters. The van der Waals surface area contributed by atoms with Crippen molar-refractivity contribution in [3.63, 3.8) is 0 Å². The third-order valence-electron chi connectivity index (χ3n) is 3.45. The first-order chi connectivity index (χ1) is 9.13. The van der Waals surface area contributed by atoms with Crippen LogP contribution in [-0.4, -0.2) is 17.2 Å². The minimum atomic E-state index is -0.573. The Morgan fingerprint density at radius 3 is 2.47 bits per heavy atom. The lowest BCUT2D eigenvalue weighted by atomic mass is 9.97. The van der Waals surface area contributed by atoms with Gasteiger partial charge in [0.2, 0.25) is 0 Å². The Hall–Kier alpha value is -1.87. The van der Waals surface area contributed by atoms with E-state index in [4.69, 9.17) is 4.74 Å². The Kier molecular flexibility index (Phi) is 4.17. The van der Waals surface area contributed by atoms with Gasteiger partial charge in [-0.05, 0) is 42.7 Å². The fraction of sp³-hybridized carbons (Fsp3) is 0.312. The van der Waals surface area contributed by atoms with Crippen molar-refractivity contribution in [2.45, 2.75) is 26.4 Å². The van der Waals surface area contributed by atoms with E-state index in [1.54, 1.807) is 19.5 Å². The lowest BCUT2D eigenvalue weighted by molar-refractivity contribution is 0.174. The van der Waals surface area contributed by atoms with Crippen LogP contribution in [0.3, 0.4) is 0 Å². The van der Waals surface area contributed by atoms with Gasteiger partial charge in [-0.25, -0.2) is 0 Å². The Bertz CT molecular complexity index is 552. The van der Waals surface area contributed by atoms with E-state index in [-0.39, 0.29) is 0 Å². The molecule has 0 saturated carbocycles. The summed E-state index contributed by atoms with van der Waals surface area (Å²) in [6.45, 7) is 4.05. The van der Waals surface area contributed by atoms with Gasteiger partial charge in [-0.2, -0.15) is 0 Å². The van der Waals surface area contributed by atoms with Crippen molar-refractivity contribution in [3.8, 4) is 5.75 Å². The number of methoxy groups -OCH3 is 1. The molecule has 1 N–H and O–H groups in total. The zero-order valence-electron chi connectivity index (χ0n) is 11.6. The minimum Gasteiger partial charge on any atom is -0.496 e. The molecule has 0 spiro atoms. The third-order valence-corrected chi connectivity index (χ3v) is 3.45. The van der Waals surface area contributed by atoms with Crippen molar-refractivity contribution in [3.05, 3.63) is 58.9 Å². The Labute approximate surface area is 113 Å². The van der Waals surface area contributed by atoms with Gasteiger partial charge in [-0.15, -0.1) is 0 Å². The lowest BCUT2D eigenvalue weighted by Gasteiger charge is -2.18. The quantitative estimate of drug-likeness (QED) is 0.915. The molecule has 0 amide bonds. The number of aromatic nitrogens is 1. The van der Waals surface area contributed by atoms with Gasteiger partial charge in [-0.3, -0.25) is 4.98 Å². The Morgan fingerprint density at radius 2 is 1.84 bits per heavy atom. The Balaban J connectivity index is 2.29. The first-order valence-electron chi connectivity index (χ1n) is 6.34. The normalized spacial score (nSPS) is 12.2. The van der Waals surface area contributed by atoms with E-state index in [1.165, 1.54) is 0 Å². The van der Waals surface area contributed by atoms with Crippen LogP contribution in [0.4, 0.5) is 0 Å². The molecule has 0 radical (unpaired) electrons. The van der Waals surface area contributed by atoms with Crippen LogP contribution < -0.4 is 4.74 Å². The molecular weight excluding hydrogens is 238 g/mol. The van der Waals surface area contributed by atoms with Gasteiger partial charge >= 0.3 is 0 Å². The predicted molar refractivity (Wildman–Crippen MR) is 75.4 cm³/mol. The van der Waals surface area contributed by atoms with E-state index in [0.717, 1.165) is 28.0 Å². The van der Waals surface area contributed by atoms with Crippen molar-refractivity contribution < 1.29 is 9.84 Å². The molecule has 100 valence electrons. The first kappa shape index (κ1) is 13.6. The van der Waals surface area contributed by atoms with E-state index in [0.29, 0.717) is 6.42 Å². The molecule has 1 unspecified atom stereocenters. The summed E-state index contributed by atoms with van der Waals surface area (Å²) >= 11 is 0. The number of hydrogen-bond acceptors (Lipinski definition) is 3. The highest BCUT2D eigenvalue weighted by Crippen LogP contribution is 2.32. The van der Waals surface area contributed by atoms with Crippen LogP contribution in [0.1, 0.15) is 28.4 Å². The second-order valence-corrected chi connectivity index (χ2v) is 4.71. The van der Waals surface area contributed by atoms with Crippen molar-refractivity contribution in [1.29, 1.82) is 0 Å². The predicted octanol–water partition coefficient (Wildman–Crippen LogP) is 2.98. The number of rotatable bonds is 4. The molecule has 0 aliphatic heterocycles. The van der Waals surface area contributed by atoms with E-state index >= 15 is 0 Å². The number of ether oxygens (including phenoxy) is 1. The summed E-state index contributed by atoms with van der Waals surface area (Å²) in [5, 5.41) is 10.4. The molecule has 1 aromatic carbocycles. The van der Waals surface area contributed by atoms with Gasteiger partial charge in [-0.1, -0.05) is 12.1 Å². The monoisotopic (exact) mass is 257 g/mol. The zero-order valence-corrected chi connectivity index (χ0v) is 11.6. The van der Waals surface area contributed by atoms with Crippen LogP contribution in [0.5, 0.6) is 5.75 Å². The highest BCUT2D eigenvalue weighted by Gasteiger charge is 2.16. The molecule has 2 aromatic rings. The fourth-order valence-corrected chi connectivity index (χ4v) is 2.20. The number of aliphatic hydroxyl groups excluding tert-OH is 1. The molecular formula is C16H19NO2. The summed E-state index contributed by atoms with van der Waals surface area (Å²) in [6, 6.07) is 7.78. The second kappa shape index (κ2) is 5.85. The molecule has 19 heavy (non-hydrogen) atoms. The number of benzene rings is 1. The van der Waals surface area contributed by atoms with E-state index in [1.807, 2.05) is 38.1 Å². The molecule has 1 aromatic heterocycles. The van der Waals surface area contributed by atoms with Crippen LogP contribution in [0.25, 0.3) is 0 Å². The van der Waals surface area contributed by atoms with Gasteiger partial charge in [0, 0.05) is 24.4 Å². The SMILES string of the molecule is COc1c(C(O)Cc2ccncc2)ccc(C)c1C. The van der Waals surface area contributed by atoms with Crippen molar-refractivity contribution in [2.75, 3.05) is 7.11 Å². The van der Waals surface area contributed by atoms with Crippen LogP contribution in [0, 0.1) is 13.8 Å². The van der Waals surface area contributed by atoms with Crippen molar-refractivity contribution in [2.24, 2.45) is 0 Å². The molecule has 0 saturated heterocycles. The molecule has 3 nitrogen and oxygen atoms in total. The number of pyridine rings is 1. The second-order valence-electron chi connectivity index (χ2n) is 4.71. The summed E-state index contributed by atoms with van der Waals surface area (Å²) in [5.74, 6) is 0.779. The van der Waals surface area contributed by atoms with E-state index in [2.05, 4.69) is 4.98 Å². The zero-order chi connectivity index (χ0) is 13.8. The molecule has 1 heterocycles. The molecule has 0 fully saturated rings. The van der Waals surface area contributed by atoms with Gasteiger partial charge < -0.3 is 9.84 Å². The van der Waals surface area contributed by atoms with Crippen molar-refractivity contribution >= 4 is 0 Å². The smallest absolute Gasteiger partial charge is 0.127 e. The minimum absolute atomic E-state index is 0.557. The van der Waals surface area contributed by atoms with Gasteiger partial charge in [0.15, 0.2) is 0 Å². The lowest BCUT2D eigenvalue weighted by Crippen LogP contribution is -2.06. The van der Waals surface area contributed by atoms with Gasteiger partial charge in [0.25, 0.3) is 0 Å². The summed E-state index contributed by atoms with van der Waals surface area (Å²) < 4.78 is 5.44. The van der Waals surface area contributed by atoms with Crippen molar-refractivity contribution in [1.82, 2.24) is 4.98 Å². The maximum atomic E-state index is 10.4. The van der Waals surface area contributed by atoms with Crippen LogP contribution in [0.2, 0.25) is 0 Å². The average Bonchev–Trinajstić information content (AvgIpc) is 2.42. The Morgan fingerprint density at radius 1 is 1.16 bits per heavy atom. The standard InChI is InChI=1S/C16H19NO2/c1-11-4-5-14(16(19-3)12(11)2)15(18)10-13-6-8-17-9-7-13/h4-9,15,18H,10H2,1-3H3. The van der Waals surface area contributed by atoms with Crippen LogP contribution in [0.15, 0.2) is 36.7 Å². The van der Waals surface area contributed by atoms with Crippen LogP contribution >= 0.6 is 0 Å². The van der Waals surface area contributed by atoms with Crippen LogP contribution in [-0.2, 0) is 6.42 Å². The maximum Gasteiger partial charge on any atom is 0.127 e. The summed E-state index contributed by atoms with van der Waals surface area (Å²) in [4.78, 5) is 3.98. The highest BCUT2D eigenvalue weighted by molar-refractivity contribution is 5.46.